The van der Waals surface area contributed by atoms with E-state index in [-0.39, 0.29) is 18.2 Å². The summed E-state index contributed by atoms with van der Waals surface area (Å²) in [5, 5.41) is 11.2. The Morgan fingerprint density at radius 1 is 1.44 bits per heavy atom. The highest BCUT2D eigenvalue weighted by molar-refractivity contribution is 5.84. The van der Waals surface area contributed by atoms with Crippen molar-refractivity contribution in [1.29, 1.82) is 0 Å². The Kier molecular flexibility index (Phi) is 4.53. The Balaban J connectivity index is 2.36. The third-order valence-corrected chi connectivity index (χ3v) is 1.94. The molecule has 1 aromatic rings. The molecule has 0 aliphatic carbocycles. The first kappa shape index (κ1) is 12.3. The van der Waals surface area contributed by atoms with Gasteiger partial charge in [-0.3, -0.25) is 4.79 Å². The van der Waals surface area contributed by atoms with Gasteiger partial charge < -0.3 is 20.6 Å². The summed E-state index contributed by atoms with van der Waals surface area (Å²) in [5.41, 5.74) is 5.26. The van der Waals surface area contributed by atoms with Crippen LogP contribution in [0.3, 0.4) is 0 Å². The first-order chi connectivity index (χ1) is 7.63. The molecule has 4 N–H and O–H groups in total. The third kappa shape index (κ3) is 3.74. The number of carboxylic acid groups (broad SMARTS) is 1. The first-order valence-corrected chi connectivity index (χ1v) is 4.92. The number of carbonyl (C=O) groups excluding carboxylic acids is 1. The van der Waals surface area contributed by atoms with Crippen LogP contribution < -0.4 is 11.1 Å². The van der Waals surface area contributed by atoms with E-state index in [1.165, 1.54) is 12.1 Å². The summed E-state index contributed by atoms with van der Waals surface area (Å²) in [5.74, 6) is -0.968. The molecule has 1 heterocycles. The number of carbonyl (C=O) groups is 2. The van der Waals surface area contributed by atoms with Crippen LogP contribution in [-0.2, 0) is 11.3 Å². The van der Waals surface area contributed by atoms with Crippen LogP contribution in [0.4, 0.5) is 0 Å². The van der Waals surface area contributed by atoms with Gasteiger partial charge in [-0.2, -0.15) is 0 Å². The van der Waals surface area contributed by atoms with Crippen molar-refractivity contribution in [3.05, 3.63) is 23.7 Å². The highest BCUT2D eigenvalue weighted by Gasteiger charge is 2.09. The lowest BCUT2D eigenvalue weighted by molar-refractivity contribution is -0.121. The monoisotopic (exact) mass is 226 g/mol. The molecule has 0 radical (unpaired) electrons. The zero-order chi connectivity index (χ0) is 12.0. The smallest absolute Gasteiger partial charge is 0.371 e. The van der Waals surface area contributed by atoms with Gasteiger partial charge in [0.15, 0.2) is 0 Å². The molecule has 0 aromatic carbocycles. The molecule has 6 nitrogen and oxygen atoms in total. The molecule has 0 saturated carbocycles. The Morgan fingerprint density at radius 3 is 2.75 bits per heavy atom. The van der Waals surface area contributed by atoms with Gasteiger partial charge in [0.25, 0.3) is 0 Å². The number of carboxylic acids is 1. The molecule has 0 unspecified atom stereocenters. The van der Waals surface area contributed by atoms with Gasteiger partial charge in [-0.1, -0.05) is 0 Å². The van der Waals surface area contributed by atoms with Crippen molar-refractivity contribution in [3.8, 4) is 0 Å². The average Bonchev–Trinajstić information content (AvgIpc) is 2.72. The summed E-state index contributed by atoms with van der Waals surface area (Å²) in [6.45, 7) is 0.661. The third-order valence-electron chi connectivity index (χ3n) is 1.94. The van der Waals surface area contributed by atoms with Crippen LogP contribution in [0, 0.1) is 0 Å². The lowest BCUT2D eigenvalue weighted by Crippen LogP contribution is -2.22. The summed E-state index contributed by atoms with van der Waals surface area (Å²) in [6.07, 6.45) is 0.993. The highest BCUT2D eigenvalue weighted by atomic mass is 16.4. The van der Waals surface area contributed by atoms with Gasteiger partial charge in [-0.25, -0.2) is 4.79 Å². The van der Waals surface area contributed by atoms with Crippen molar-refractivity contribution >= 4 is 11.9 Å². The molecule has 16 heavy (non-hydrogen) atoms. The maximum absolute atomic E-state index is 11.2. The molecule has 0 spiro atoms. The van der Waals surface area contributed by atoms with Gasteiger partial charge in [0, 0.05) is 6.42 Å². The summed E-state index contributed by atoms with van der Waals surface area (Å²) in [4.78, 5) is 21.7. The lowest BCUT2D eigenvalue weighted by atomic mass is 10.3. The molecule has 0 bridgehead atoms. The molecule has 6 heteroatoms. The van der Waals surface area contributed by atoms with E-state index in [0.717, 1.165) is 0 Å². The number of aromatic carboxylic acids is 1. The number of nitrogens with two attached hydrogens (primary N) is 1. The maximum atomic E-state index is 11.2. The van der Waals surface area contributed by atoms with Crippen LogP contribution in [0.1, 0.15) is 29.2 Å². The first-order valence-electron chi connectivity index (χ1n) is 4.92. The molecule has 0 fully saturated rings. The standard InChI is InChI=1S/C10H14N2O4/c11-5-1-2-9(13)12-6-7-3-4-8(16-7)10(14)15/h3-4H,1-2,5-6,11H2,(H,12,13)(H,14,15). The number of furan rings is 1. The molecule has 0 aliphatic heterocycles. The largest absolute Gasteiger partial charge is 0.475 e. The van der Waals surface area contributed by atoms with Crippen molar-refractivity contribution in [1.82, 2.24) is 5.32 Å². The van der Waals surface area contributed by atoms with Crippen molar-refractivity contribution in [2.45, 2.75) is 19.4 Å². The number of hydrogen-bond acceptors (Lipinski definition) is 4. The van der Waals surface area contributed by atoms with E-state index in [9.17, 15) is 9.59 Å². The Labute approximate surface area is 92.4 Å². The van der Waals surface area contributed by atoms with Crippen molar-refractivity contribution in [2.24, 2.45) is 5.73 Å². The van der Waals surface area contributed by atoms with Crippen LogP contribution in [0.15, 0.2) is 16.5 Å². The number of hydrogen-bond donors (Lipinski definition) is 3. The quantitative estimate of drug-likeness (QED) is 0.648. The van der Waals surface area contributed by atoms with E-state index in [0.29, 0.717) is 25.1 Å². The van der Waals surface area contributed by atoms with Gasteiger partial charge in [-0.15, -0.1) is 0 Å². The minimum atomic E-state index is -1.12. The van der Waals surface area contributed by atoms with Crippen molar-refractivity contribution in [3.63, 3.8) is 0 Å². The second-order valence-corrected chi connectivity index (χ2v) is 3.24. The second kappa shape index (κ2) is 5.92. The highest BCUT2D eigenvalue weighted by Crippen LogP contribution is 2.07. The zero-order valence-corrected chi connectivity index (χ0v) is 8.73. The minimum absolute atomic E-state index is 0.126. The normalized spacial score (nSPS) is 10.1. The average molecular weight is 226 g/mol. The van der Waals surface area contributed by atoms with E-state index in [1.807, 2.05) is 0 Å². The Hall–Kier alpha value is -1.82. The number of amides is 1. The van der Waals surface area contributed by atoms with Gasteiger partial charge >= 0.3 is 5.97 Å². The summed E-state index contributed by atoms with van der Waals surface area (Å²) < 4.78 is 4.96. The number of rotatable bonds is 6. The SMILES string of the molecule is NCCCC(=O)NCc1ccc(C(=O)O)o1. The van der Waals surface area contributed by atoms with E-state index in [1.54, 1.807) is 0 Å². The molecule has 88 valence electrons. The molecule has 1 aromatic heterocycles. The lowest BCUT2D eigenvalue weighted by Gasteiger charge is -2.01. The second-order valence-electron chi connectivity index (χ2n) is 3.24. The minimum Gasteiger partial charge on any atom is -0.475 e. The van der Waals surface area contributed by atoms with Crippen LogP contribution in [0.5, 0.6) is 0 Å². The molecular formula is C10H14N2O4. The topological polar surface area (TPSA) is 106 Å². The predicted molar refractivity (Wildman–Crippen MR) is 55.8 cm³/mol. The molecule has 0 atom stereocenters. The molecule has 1 amide bonds. The summed E-state index contributed by atoms with van der Waals surface area (Å²) in [6, 6.07) is 2.87. The molecule has 1 rings (SSSR count). The fourth-order valence-corrected chi connectivity index (χ4v) is 1.12. The fraction of sp³-hybridized carbons (Fsp3) is 0.400. The summed E-state index contributed by atoms with van der Waals surface area (Å²) in [7, 11) is 0. The predicted octanol–water partition coefficient (Wildman–Crippen LogP) is 0.333. The Morgan fingerprint density at radius 2 is 2.19 bits per heavy atom. The zero-order valence-electron chi connectivity index (χ0n) is 8.73. The van der Waals surface area contributed by atoms with Crippen LogP contribution in [-0.4, -0.2) is 23.5 Å². The van der Waals surface area contributed by atoms with Gasteiger partial charge in [-0.05, 0) is 25.1 Å². The summed E-state index contributed by atoms with van der Waals surface area (Å²) >= 11 is 0. The number of nitrogens with one attached hydrogen (secondary N) is 1. The maximum Gasteiger partial charge on any atom is 0.371 e. The van der Waals surface area contributed by atoms with E-state index in [2.05, 4.69) is 5.32 Å². The Bertz CT molecular complexity index is 373. The van der Waals surface area contributed by atoms with Crippen LogP contribution in [0.25, 0.3) is 0 Å². The fourth-order valence-electron chi connectivity index (χ4n) is 1.12. The molecular weight excluding hydrogens is 212 g/mol. The van der Waals surface area contributed by atoms with E-state index < -0.39 is 5.97 Å². The molecule has 0 aliphatic rings. The van der Waals surface area contributed by atoms with Crippen LogP contribution in [0.2, 0.25) is 0 Å². The van der Waals surface area contributed by atoms with Crippen LogP contribution >= 0.6 is 0 Å². The van der Waals surface area contributed by atoms with E-state index >= 15 is 0 Å². The molecule has 0 saturated heterocycles. The van der Waals surface area contributed by atoms with Crippen molar-refractivity contribution < 1.29 is 19.1 Å². The van der Waals surface area contributed by atoms with Gasteiger partial charge in [0.05, 0.1) is 6.54 Å². The van der Waals surface area contributed by atoms with Gasteiger partial charge in [0.1, 0.15) is 5.76 Å². The van der Waals surface area contributed by atoms with E-state index in [4.69, 9.17) is 15.3 Å². The van der Waals surface area contributed by atoms with Gasteiger partial charge in [0.2, 0.25) is 11.7 Å². The van der Waals surface area contributed by atoms with Crippen molar-refractivity contribution in [2.75, 3.05) is 6.54 Å².